The summed E-state index contributed by atoms with van der Waals surface area (Å²) in [6.07, 6.45) is 7.18. The third kappa shape index (κ3) is 3.90. The van der Waals surface area contributed by atoms with E-state index in [4.69, 9.17) is 9.47 Å². The van der Waals surface area contributed by atoms with Gasteiger partial charge in [-0.3, -0.25) is 14.4 Å². The number of methoxy groups -OCH3 is 1. The third-order valence-electron chi connectivity index (χ3n) is 7.62. The second-order valence-corrected chi connectivity index (χ2v) is 9.93. The smallest absolute Gasteiger partial charge is 0.311 e. The van der Waals surface area contributed by atoms with Crippen LogP contribution in [0.1, 0.15) is 44.9 Å². The van der Waals surface area contributed by atoms with Crippen LogP contribution in [0, 0.1) is 23.7 Å². The highest BCUT2D eigenvalue weighted by molar-refractivity contribution is 6.00. The minimum atomic E-state index is -0.579. The molecule has 7 heteroatoms. The summed E-state index contributed by atoms with van der Waals surface area (Å²) in [5, 5.41) is 3.22. The van der Waals surface area contributed by atoms with Crippen LogP contribution < -0.4 is 15.0 Å². The van der Waals surface area contributed by atoms with E-state index in [-0.39, 0.29) is 36.9 Å². The van der Waals surface area contributed by atoms with Crippen LogP contribution in [-0.4, -0.2) is 43.6 Å². The zero-order chi connectivity index (χ0) is 21.6. The lowest BCUT2D eigenvalue weighted by molar-refractivity contribution is -0.153. The van der Waals surface area contributed by atoms with Gasteiger partial charge in [0, 0.05) is 18.5 Å². The zero-order valence-corrected chi connectivity index (χ0v) is 18.0. The Morgan fingerprint density at radius 2 is 1.74 bits per heavy atom. The van der Waals surface area contributed by atoms with Crippen molar-refractivity contribution < 1.29 is 23.9 Å². The Labute approximate surface area is 182 Å². The van der Waals surface area contributed by atoms with Gasteiger partial charge in [0.1, 0.15) is 5.75 Å². The maximum atomic E-state index is 12.6. The van der Waals surface area contributed by atoms with E-state index in [2.05, 4.69) is 5.32 Å². The lowest BCUT2D eigenvalue weighted by Gasteiger charge is -2.56. The molecule has 31 heavy (non-hydrogen) atoms. The number of carbonyl (C=O) groups is 3. The second kappa shape index (κ2) is 7.84. The first-order chi connectivity index (χ1) is 14.9. The molecule has 4 aliphatic carbocycles. The SMILES string of the molecule is COc1ccccc1N1C[C@@H](C(=O)OCC(=O)NC23CC4CC(CC(C4)C2)C3)CC1=O. The zero-order valence-electron chi connectivity index (χ0n) is 18.0. The number of ether oxygens (including phenoxy) is 2. The number of anilines is 1. The molecular weight excluding hydrogens is 396 g/mol. The summed E-state index contributed by atoms with van der Waals surface area (Å²) in [5.41, 5.74) is 0.548. The van der Waals surface area contributed by atoms with Crippen LogP contribution in [-0.2, 0) is 19.1 Å². The number of nitrogens with zero attached hydrogens (tertiary/aromatic N) is 1. The Balaban J connectivity index is 1.15. The van der Waals surface area contributed by atoms with Crippen molar-refractivity contribution in [3.63, 3.8) is 0 Å². The van der Waals surface area contributed by atoms with Crippen LogP contribution in [0.4, 0.5) is 5.69 Å². The Kier molecular flexibility index (Phi) is 5.15. The standard InChI is InChI=1S/C24H30N2O5/c1-30-20-5-3-2-4-19(20)26-13-18(9-22(26)28)23(29)31-14-21(27)25-24-10-15-6-16(11-24)8-17(7-15)12-24/h2-5,15-18H,6-14H2,1H3,(H,25,27)/t15?,16?,17?,18-,24?/m0/s1. The number of para-hydroxylation sites is 2. The molecule has 1 saturated heterocycles. The molecule has 5 fully saturated rings. The number of esters is 1. The van der Waals surface area contributed by atoms with Gasteiger partial charge in [-0.05, 0) is 68.4 Å². The Hall–Kier alpha value is -2.57. The predicted molar refractivity (Wildman–Crippen MR) is 113 cm³/mol. The lowest BCUT2D eigenvalue weighted by atomic mass is 9.53. The normalized spacial score (nSPS) is 33.5. The second-order valence-electron chi connectivity index (χ2n) is 9.93. The van der Waals surface area contributed by atoms with Crippen LogP contribution >= 0.6 is 0 Å². The summed E-state index contributed by atoms with van der Waals surface area (Å²) >= 11 is 0. The van der Waals surface area contributed by atoms with Gasteiger partial charge >= 0.3 is 5.97 Å². The molecule has 0 radical (unpaired) electrons. The maximum Gasteiger partial charge on any atom is 0.311 e. The molecule has 2 amide bonds. The first-order valence-electron chi connectivity index (χ1n) is 11.4. The van der Waals surface area contributed by atoms with Gasteiger partial charge in [0.25, 0.3) is 5.91 Å². The van der Waals surface area contributed by atoms with E-state index in [1.165, 1.54) is 19.3 Å². The predicted octanol–water partition coefficient (Wildman–Crippen LogP) is 2.68. The Morgan fingerprint density at radius 3 is 2.39 bits per heavy atom. The van der Waals surface area contributed by atoms with Gasteiger partial charge in [-0.15, -0.1) is 0 Å². The molecule has 0 unspecified atom stereocenters. The Morgan fingerprint density at radius 1 is 1.10 bits per heavy atom. The van der Waals surface area contributed by atoms with Gasteiger partial charge in [0.2, 0.25) is 5.91 Å². The molecule has 1 atom stereocenters. The Bertz CT molecular complexity index is 862. The molecule has 1 aromatic rings. The van der Waals surface area contributed by atoms with Crippen LogP contribution in [0.2, 0.25) is 0 Å². The highest BCUT2D eigenvalue weighted by Gasteiger charge is 2.51. The first-order valence-corrected chi connectivity index (χ1v) is 11.4. The number of amides is 2. The van der Waals surface area contributed by atoms with Crippen molar-refractivity contribution in [1.29, 1.82) is 0 Å². The number of nitrogens with one attached hydrogen (secondary N) is 1. The van der Waals surface area contributed by atoms with Crippen LogP contribution in [0.15, 0.2) is 24.3 Å². The minimum Gasteiger partial charge on any atom is -0.495 e. The van der Waals surface area contributed by atoms with E-state index >= 15 is 0 Å². The molecule has 1 heterocycles. The van der Waals surface area contributed by atoms with Crippen molar-refractivity contribution in [1.82, 2.24) is 5.32 Å². The van der Waals surface area contributed by atoms with Gasteiger partial charge in [0.05, 0.1) is 18.7 Å². The van der Waals surface area contributed by atoms with E-state index < -0.39 is 11.9 Å². The minimum absolute atomic E-state index is 0.0769. The van der Waals surface area contributed by atoms with Crippen LogP contribution in [0.25, 0.3) is 0 Å². The summed E-state index contributed by atoms with van der Waals surface area (Å²) in [6, 6.07) is 7.23. The number of hydrogen-bond acceptors (Lipinski definition) is 5. The monoisotopic (exact) mass is 426 g/mol. The van der Waals surface area contributed by atoms with E-state index in [0.29, 0.717) is 11.4 Å². The molecule has 4 bridgehead atoms. The molecule has 0 spiro atoms. The van der Waals surface area contributed by atoms with Gasteiger partial charge in [0.15, 0.2) is 6.61 Å². The third-order valence-corrected chi connectivity index (χ3v) is 7.62. The van der Waals surface area contributed by atoms with E-state index in [0.717, 1.165) is 37.0 Å². The fourth-order valence-electron chi connectivity index (χ4n) is 6.80. The van der Waals surface area contributed by atoms with Crippen molar-refractivity contribution in [2.45, 2.75) is 50.5 Å². The first kappa shape index (κ1) is 20.3. The average molecular weight is 427 g/mol. The highest BCUT2D eigenvalue weighted by Crippen LogP contribution is 2.55. The summed E-state index contributed by atoms with van der Waals surface area (Å²) in [4.78, 5) is 39.2. The summed E-state index contributed by atoms with van der Waals surface area (Å²) in [6.45, 7) is -0.0471. The lowest BCUT2D eigenvalue weighted by Crippen LogP contribution is -2.60. The molecule has 6 rings (SSSR count). The largest absolute Gasteiger partial charge is 0.495 e. The number of hydrogen-bond donors (Lipinski definition) is 1. The van der Waals surface area contributed by atoms with Crippen molar-refractivity contribution in [3.8, 4) is 5.75 Å². The van der Waals surface area contributed by atoms with Crippen molar-refractivity contribution in [2.75, 3.05) is 25.2 Å². The van der Waals surface area contributed by atoms with Gasteiger partial charge in [-0.1, -0.05) is 12.1 Å². The summed E-state index contributed by atoms with van der Waals surface area (Å²) < 4.78 is 10.7. The molecule has 4 saturated carbocycles. The number of rotatable bonds is 6. The van der Waals surface area contributed by atoms with Crippen molar-refractivity contribution in [3.05, 3.63) is 24.3 Å². The fraction of sp³-hybridized carbons (Fsp3) is 0.625. The molecule has 0 aromatic heterocycles. The topological polar surface area (TPSA) is 84.9 Å². The van der Waals surface area contributed by atoms with E-state index in [1.54, 1.807) is 24.1 Å². The highest BCUT2D eigenvalue weighted by atomic mass is 16.5. The van der Waals surface area contributed by atoms with Gasteiger partial charge < -0.3 is 19.7 Å². The molecule has 166 valence electrons. The average Bonchev–Trinajstić information content (AvgIpc) is 3.12. The van der Waals surface area contributed by atoms with Gasteiger partial charge in [-0.2, -0.15) is 0 Å². The number of benzene rings is 1. The van der Waals surface area contributed by atoms with Crippen molar-refractivity contribution in [2.24, 2.45) is 23.7 Å². The summed E-state index contributed by atoms with van der Waals surface area (Å²) in [5.74, 6) is 1.35. The molecular formula is C24H30N2O5. The molecule has 5 aliphatic rings. The molecule has 1 aliphatic heterocycles. The molecule has 1 aromatic carbocycles. The van der Waals surface area contributed by atoms with E-state index in [9.17, 15) is 14.4 Å². The number of carbonyl (C=O) groups excluding carboxylic acids is 3. The van der Waals surface area contributed by atoms with Crippen LogP contribution in [0.5, 0.6) is 5.75 Å². The molecule has 7 nitrogen and oxygen atoms in total. The van der Waals surface area contributed by atoms with Gasteiger partial charge in [-0.25, -0.2) is 0 Å². The quantitative estimate of drug-likeness (QED) is 0.707. The maximum absolute atomic E-state index is 12.6. The fourth-order valence-corrected chi connectivity index (χ4v) is 6.80. The van der Waals surface area contributed by atoms with Crippen LogP contribution in [0.3, 0.4) is 0 Å². The van der Waals surface area contributed by atoms with Crippen molar-refractivity contribution >= 4 is 23.5 Å². The van der Waals surface area contributed by atoms with E-state index in [1.807, 2.05) is 12.1 Å². The molecule has 1 N–H and O–H groups in total. The summed E-state index contributed by atoms with van der Waals surface area (Å²) in [7, 11) is 1.55.